The molecule has 0 spiro atoms. The number of rotatable bonds is 2. The summed E-state index contributed by atoms with van der Waals surface area (Å²) < 4.78 is 0. The van der Waals surface area contributed by atoms with Gasteiger partial charge in [0.2, 0.25) is 0 Å². The van der Waals surface area contributed by atoms with Gasteiger partial charge in [-0.2, -0.15) is 0 Å². The standard InChI is InChI=1S/C14H22N2/c1-10-6-11(2)8-13(7-10)14-12(9-15)4-5-16(14)3/h6-8,12,14H,4-5,9,15H2,1-3H3. The van der Waals surface area contributed by atoms with Crippen LogP contribution in [-0.4, -0.2) is 25.0 Å². The van der Waals surface area contributed by atoms with E-state index in [1.807, 2.05) is 0 Å². The van der Waals surface area contributed by atoms with Crippen LogP contribution >= 0.6 is 0 Å². The molecule has 88 valence electrons. The molecule has 0 aliphatic carbocycles. The molecular formula is C14H22N2. The maximum absolute atomic E-state index is 5.87. The molecule has 2 rings (SSSR count). The highest BCUT2D eigenvalue weighted by Gasteiger charge is 2.31. The van der Waals surface area contributed by atoms with Gasteiger partial charge in [-0.3, -0.25) is 4.90 Å². The Balaban J connectivity index is 2.34. The van der Waals surface area contributed by atoms with Crippen molar-refractivity contribution in [3.8, 4) is 0 Å². The van der Waals surface area contributed by atoms with E-state index in [0.717, 1.165) is 6.54 Å². The molecular weight excluding hydrogens is 196 g/mol. The molecule has 2 heteroatoms. The first-order valence-corrected chi connectivity index (χ1v) is 6.10. The molecule has 2 nitrogen and oxygen atoms in total. The lowest BCUT2D eigenvalue weighted by Gasteiger charge is -2.25. The van der Waals surface area contributed by atoms with E-state index in [1.165, 1.54) is 29.7 Å². The van der Waals surface area contributed by atoms with Crippen LogP contribution in [0.5, 0.6) is 0 Å². The molecule has 2 N–H and O–H groups in total. The number of nitrogens with zero attached hydrogens (tertiary/aromatic N) is 1. The van der Waals surface area contributed by atoms with E-state index in [4.69, 9.17) is 5.73 Å². The Kier molecular flexibility index (Phi) is 3.31. The molecule has 1 saturated heterocycles. The van der Waals surface area contributed by atoms with E-state index < -0.39 is 0 Å². The van der Waals surface area contributed by atoms with Crippen LogP contribution in [0.15, 0.2) is 18.2 Å². The summed E-state index contributed by atoms with van der Waals surface area (Å²) in [5.74, 6) is 0.617. The summed E-state index contributed by atoms with van der Waals surface area (Å²) in [6.07, 6.45) is 1.23. The number of aryl methyl sites for hydroxylation is 2. The number of benzene rings is 1. The van der Waals surface area contributed by atoms with Gasteiger partial charge in [0.05, 0.1) is 0 Å². The summed E-state index contributed by atoms with van der Waals surface area (Å²) in [5.41, 5.74) is 10.0. The van der Waals surface area contributed by atoms with E-state index in [0.29, 0.717) is 12.0 Å². The number of likely N-dealkylation sites (tertiary alicyclic amines) is 1. The van der Waals surface area contributed by atoms with Crippen LogP contribution in [-0.2, 0) is 0 Å². The summed E-state index contributed by atoms with van der Waals surface area (Å²) in [6, 6.07) is 7.36. The zero-order valence-corrected chi connectivity index (χ0v) is 10.5. The van der Waals surface area contributed by atoms with Crippen molar-refractivity contribution < 1.29 is 0 Å². The third kappa shape index (κ3) is 2.13. The average molecular weight is 218 g/mol. The minimum atomic E-state index is 0.517. The molecule has 1 aromatic carbocycles. The van der Waals surface area contributed by atoms with Gasteiger partial charge in [0.25, 0.3) is 0 Å². The molecule has 1 fully saturated rings. The Morgan fingerprint density at radius 1 is 1.25 bits per heavy atom. The Morgan fingerprint density at radius 2 is 1.88 bits per heavy atom. The fraction of sp³-hybridized carbons (Fsp3) is 0.571. The van der Waals surface area contributed by atoms with E-state index in [1.54, 1.807) is 0 Å². The highest BCUT2D eigenvalue weighted by atomic mass is 15.2. The second-order valence-electron chi connectivity index (χ2n) is 5.13. The van der Waals surface area contributed by atoms with Gasteiger partial charge in [-0.15, -0.1) is 0 Å². The summed E-state index contributed by atoms with van der Waals surface area (Å²) in [5, 5.41) is 0. The first-order valence-electron chi connectivity index (χ1n) is 6.10. The summed E-state index contributed by atoms with van der Waals surface area (Å²) in [6.45, 7) is 6.30. The monoisotopic (exact) mass is 218 g/mol. The zero-order valence-electron chi connectivity index (χ0n) is 10.5. The lowest BCUT2D eigenvalue weighted by atomic mass is 9.92. The Labute approximate surface area is 98.4 Å². The van der Waals surface area contributed by atoms with Crippen molar-refractivity contribution in [1.82, 2.24) is 4.90 Å². The van der Waals surface area contributed by atoms with E-state index in [-0.39, 0.29) is 0 Å². The molecule has 1 aromatic rings. The predicted molar refractivity (Wildman–Crippen MR) is 68.4 cm³/mol. The van der Waals surface area contributed by atoms with Gasteiger partial charge >= 0.3 is 0 Å². The second kappa shape index (κ2) is 4.56. The molecule has 0 aromatic heterocycles. The Morgan fingerprint density at radius 3 is 2.44 bits per heavy atom. The minimum absolute atomic E-state index is 0.517. The molecule has 1 aliphatic heterocycles. The lowest BCUT2D eigenvalue weighted by molar-refractivity contribution is 0.279. The first-order chi connectivity index (χ1) is 7.61. The normalized spacial score (nSPS) is 26.2. The van der Waals surface area contributed by atoms with Crippen molar-refractivity contribution in [3.05, 3.63) is 34.9 Å². The third-order valence-corrected chi connectivity index (χ3v) is 3.66. The highest BCUT2D eigenvalue weighted by Crippen LogP contribution is 2.35. The van der Waals surface area contributed by atoms with Crippen molar-refractivity contribution in [3.63, 3.8) is 0 Å². The molecule has 16 heavy (non-hydrogen) atoms. The maximum atomic E-state index is 5.87. The fourth-order valence-corrected chi connectivity index (χ4v) is 2.98. The quantitative estimate of drug-likeness (QED) is 0.825. The van der Waals surface area contributed by atoms with Gasteiger partial charge in [0, 0.05) is 6.04 Å². The van der Waals surface area contributed by atoms with E-state index >= 15 is 0 Å². The maximum Gasteiger partial charge on any atom is 0.0385 e. The van der Waals surface area contributed by atoms with Gasteiger partial charge in [-0.1, -0.05) is 29.3 Å². The molecule has 0 radical (unpaired) electrons. The summed E-state index contributed by atoms with van der Waals surface area (Å²) in [7, 11) is 2.21. The molecule has 2 atom stereocenters. The van der Waals surface area contributed by atoms with Crippen LogP contribution in [0.25, 0.3) is 0 Å². The molecule has 1 aliphatic rings. The van der Waals surface area contributed by atoms with Gasteiger partial charge in [0.15, 0.2) is 0 Å². The molecule has 0 bridgehead atoms. The molecule has 0 saturated carbocycles. The number of hydrogen-bond acceptors (Lipinski definition) is 2. The van der Waals surface area contributed by atoms with E-state index in [2.05, 4.69) is 44.0 Å². The van der Waals surface area contributed by atoms with Crippen molar-refractivity contribution in [1.29, 1.82) is 0 Å². The molecule has 0 amide bonds. The smallest absolute Gasteiger partial charge is 0.0385 e. The van der Waals surface area contributed by atoms with Gasteiger partial charge < -0.3 is 5.73 Å². The lowest BCUT2D eigenvalue weighted by Crippen LogP contribution is -2.25. The van der Waals surface area contributed by atoms with E-state index in [9.17, 15) is 0 Å². The Bertz CT molecular complexity index is 353. The van der Waals surface area contributed by atoms with Gasteiger partial charge in [-0.25, -0.2) is 0 Å². The van der Waals surface area contributed by atoms with Crippen LogP contribution in [0.1, 0.15) is 29.2 Å². The van der Waals surface area contributed by atoms with Crippen LogP contribution in [0.4, 0.5) is 0 Å². The topological polar surface area (TPSA) is 29.3 Å². The molecule has 2 unspecified atom stereocenters. The second-order valence-corrected chi connectivity index (χ2v) is 5.13. The van der Waals surface area contributed by atoms with Crippen LogP contribution in [0.2, 0.25) is 0 Å². The summed E-state index contributed by atoms with van der Waals surface area (Å²) >= 11 is 0. The van der Waals surface area contributed by atoms with Crippen LogP contribution in [0.3, 0.4) is 0 Å². The number of hydrogen-bond donors (Lipinski definition) is 1. The van der Waals surface area contributed by atoms with Gasteiger partial charge in [-0.05, 0) is 51.9 Å². The van der Waals surface area contributed by atoms with Crippen LogP contribution in [0, 0.1) is 19.8 Å². The van der Waals surface area contributed by atoms with Crippen LogP contribution < -0.4 is 5.73 Å². The first kappa shape index (κ1) is 11.6. The van der Waals surface area contributed by atoms with Crippen molar-refractivity contribution in [2.24, 2.45) is 11.7 Å². The third-order valence-electron chi connectivity index (χ3n) is 3.66. The largest absolute Gasteiger partial charge is 0.330 e. The molecule has 1 heterocycles. The Hall–Kier alpha value is -0.860. The predicted octanol–water partition coefficient (Wildman–Crippen LogP) is 2.25. The van der Waals surface area contributed by atoms with Crippen molar-refractivity contribution in [2.75, 3.05) is 20.1 Å². The van der Waals surface area contributed by atoms with Crippen molar-refractivity contribution >= 4 is 0 Å². The SMILES string of the molecule is Cc1cc(C)cc(C2C(CN)CCN2C)c1. The number of nitrogens with two attached hydrogens (primary N) is 1. The minimum Gasteiger partial charge on any atom is -0.330 e. The zero-order chi connectivity index (χ0) is 11.7. The average Bonchev–Trinajstić information content (AvgIpc) is 2.58. The fourth-order valence-electron chi connectivity index (χ4n) is 2.98. The van der Waals surface area contributed by atoms with Crippen molar-refractivity contribution in [2.45, 2.75) is 26.3 Å². The summed E-state index contributed by atoms with van der Waals surface area (Å²) in [4.78, 5) is 2.44. The van der Waals surface area contributed by atoms with Gasteiger partial charge in [0.1, 0.15) is 0 Å². The highest BCUT2D eigenvalue weighted by molar-refractivity contribution is 5.31.